The Morgan fingerprint density at radius 3 is 2.43 bits per heavy atom. The summed E-state index contributed by atoms with van der Waals surface area (Å²) >= 11 is 1.35. The lowest BCUT2D eigenvalue weighted by atomic mass is 10.1. The molecule has 0 saturated carbocycles. The number of methoxy groups -OCH3 is 1. The van der Waals surface area contributed by atoms with Gasteiger partial charge in [0.15, 0.2) is 5.13 Å². The highest BCUT2D eigenvalue weighted by atomic mass is 32.2. The number of sulfonamides is 1. The molecular formula is C19H19N3O4S2. The van der Waals surface area contributed by atoms with E-state index >= 15 is 0 Å². The number of amides is 1. The number of ether oxygens (including phenoxy) is 1. The smallest absolute Gasteiger partial charge is 0.261 e. The fourth-order valence-corrected chi connectivity index (χ4v) is 4.21. The average Bonchev–Trinajstić information content (AvgIpc) is 3.06. The first-order valence-electron chi connectivity index (χ1n) is 8.30. The predicted octanol–water partition coefficient (Wildman–Crippen LogP) is 3.82. The summed E-state index contributed by atoms with van der Waals surface area (Å²) < 4.78 is 33.0. The fraction of sp³-hybridized carbons (Fsp3) is 0.158. The number of carbonyl (C=O) groups excluding carboxylic acids is 1. The van der Waals surface area contributed by atoms with Gasteiger partial charge in [0.25, 0.3) is 15.9 Å². The van der Waals surface area contributed by atoms with Gasteiger partial charge in [0.2, 0.25) is 0 Å². The Hall–Kier alpha value is -2.91. The number of hydrogen-bond donors (Lipinski definition) is 2. The molecule has 0 spiro atoms. The second kappa shape index (κ2) is 7.99. The Morgan fingerprint density at radius 1 is 1.11 bits per heavy atom. The molecular weight excluding hydrogens is 398 g/mol. The first kappa shape index (κ1) is 19.8. The van der Waals surface area contributed by atoms with Crippen molar-refractivity contribution in [2.45, 2.75) is 18.7 Å². The number of rotatable bonds is 6. The van der Waals surface area contributed by atoms with Crippen LogP contribution in [0, 0.1) is 13.8 Å². The molecule has 28 heavy (non-hydrogen) atoms. The number of benzene rings is 2. The van der Waals surface area contributed by atoms with Gasteiger partial charge in [-0.25, -0.2) is 13.4 Å². The third-order valence-electron chi connectivity index (χ3n) is 3.95. The minimum absolute atomic E-state index is 0.00520. The Bertz CT molecular complexity index is 1110. The van der Waals surface area contributed by atoms with Gasteiger partial charge in [-0.2, -0.15) is 0 Å². The van der Waals surface area contributed by atoms with Gasteiger partial charge in [0.05, 0.1) is 12.0 Å². The highest BCUT2D eigenvalue weighted by Crippen LogP contribution is 2.23. The molecule has 1 amide bonds. The van der Waals surface area contributed by atoms with Crippen LogP contribution in [0.25, 0.3) is 0 Å². The van der Waals surface area contributed by atoms with E-state index < -0.39 is 15.9 Å². The van der Waals surface area contributed by atoms with Gasteiger partial charge in [0, 0.05) is 22.3 Å². The molecule has 2 N–H and O–H groups in total. The van der Waals surface area contributed by atoms with Gasteiger partial charge in [0.1, 0.15) is 5.75 Å². The van der Waals surface area contributed by atoms with Crippen molar-refractivity contribution in [2.75, 3.05) is 17.1 Å². The van der Waals surface area contributed by atoms with E-state index in [-0.39, 0.29) is 10.5 Å². The van der Waals surface area contributed by atoms with Crippen LogP contribution in [-0.2, 0) is 10.0 Å². The van der Waals surface area contributed by atoms with Crippen molar-refractivity contribution < 1.29 is 17.9 Å². The fourth-order valence-electron chi connectivity index (χ4n) is 2.46. The molecule has 0 fully saturated rings. The standard InChI is InChI=1S/C19H19N3O4S2/c1-12-4-9-16(10-17(12)18(23)21-19-20-11-13(2)27-19)28(24,25)22-14-5-7-15(26-3)8-6-14/h4-11,22H,1-3H3,(H,20,21,23). The van der Waals surface area contributed by atoms with Crippen LogP contribution in [0.15, 0.2) is 53.6 Å². The van der Waals surface area contributed by atoms with Gasteiger partial charge in [-0.05, 0) is 55.8 Å². The Kier molecular flexibility index (Phi) is 5.66. The normalized spacial score (nSPS) is 11.1. The molecule has 3 rings (SSSR count). The molecule has 7 nitrogen and oxygen atoms in total. The molecule has 146 valence electrons. The van der Waals surface area contributed by atoms with Crippen molar-refractivity contribution >= 4 is 38.1 Å². The summed E-state index contributed by atoms with van der Waals surface area (Å²) in [5, 5.41) is 3.16. The maximum Gasteiger partial charge on any atom is 0.261 e. The van der Waals surface area contributed by atoms with Crippen LogP contribution >= 0.6 is 11.3 Å². The number of anilines is 2. The van der Waals surface area contributed by atoms with E-state index in [4.69, 9.17) is 4.74 Å². The van der Waals surface area contributed by atoms with Crippen LogP contribution in [0.5, 0.6) is 5.75 Å². The van der Waals surface area contributed by atoms with Crippen LogP contribution in [0.4, 0.5) is 10.8 Å². The number of thiazole rings is 1. The lowest BCUT2D eigenvalue weighted by Gasteiger charge is -2.11. The van der Waals surface area contributed by atoms with Gasteiger partial charge < -0.3 is 4.74 Å². The van der Waals surface area contributed by atoms with Crippen molar-refractivity contribution in [1.29, 1.82) is 0 Å². The summed E-state index contributed by atoms with van der Waals surface area (Å²) in [5.41, 5.74) is 1.32. The number of aryl methyl sites for hydroxylation is 2. The van der Waals surface area contributed by atoms with E-state index in [0.29, 0.717) is 22.1 Å². The monoisotopic (exact) mass is 417 g/mol. The SMILES string of the molecule is COc1ccc(NS(=O)(=O)c2ccc(C)c(C(=O)Nc3ncc(C)s3)c2)cc1. The van der Waals surface area contributed by atoms with Gasteiger partial charge in [-0.15, -0.1) is 11.3 Å². The van der Waals surface area contributed by atoms with Crippen LogP contribution in [0.1, 0.15) is 20.8 Å². The number of nitrogens with zero attached hydrogens (tertiary/aromatic N) is 1. The number of nitrogens with one attached hydrogen (secondary N) is 2. The molecule has 0 saturated heterocycles. The van der Waals surface area contributed by atoms with Gasteiger partial charge in [-0.3, -0.25) is 14.8 Å². The molecule has 1 aromatic heterocycles. The second-order valence-electron chi connectivity index (χ2n) is 6.04. The number of hydrogen-bond acceptors (Lipinski definition) is 6. The lowest BCUT2D eigenvalue weighted by Crippen LogP contribution is -2.17. The number of aromatic nitrogens is 1. The maximum atomic E-state index is 12.7. The third kappa shape index (κ3) is 4.49. The first-order chi connectivity index (χ1) is 13.3. The highest BCUT2D eigenvalue weighted by molar-refractivity contribution is 7.92. The molecule has 0 unspecified atom stereocenters. The minimum atomic E-state index is -3.86. The summed E-state index contributed by atoms with van der Waals surface area (Å²) in [6.45, 7) is 3.63. The van der Waals surface area contributed by atoms with E-state index in [1.165, 1.54) is 30.6 Å². The third-order valence-corrected chi connectivity index (χ3v) is 6.16. The van der Waals surface area contributed by atoms with Crippen LogP contribution in [0.2, 0.25) is 0 Å². The van der Waals surface area contributed by atoms with Crippen LogP contribution in [-0.4, -0.2) is 26.4 Å². The van der Waals surface area contributed by atoms with E-state index in [2.05, 4.69) is 15.0 Å². The highest BCUT2D eigenvalue weighted by Gasteiger charge is 2.19. The zero-order chi connectivity index (χ0) is 20.3. The molecule has 0 aliphatic carbocycles. The molecule has 0 aliphatic heterocycles. The molecule has 2 aromatic carbocycles. The van der Waals surface area contributed by atoms with Gasteiger partial charge in [-0.1, -0.05) is 6.07 Å². The first-order valence-corrected chi connectivity index (χ1v) is 10.6. The summed E-state index contributed by atoms with van der Waals surface area (Å²) in [7, 11) is -2.33. The number of carbonyl (C=O) groups is 1. The van der Waals surface area contributed by atoms with Crippen molar-refractivity contribution in [3.63, 3.8) is 0 Å². The molecule has 0 atom stereocenters. The van der Waals surface area contributed by atoms with Crippen molar-refractivity contribution in [3.8, 4) is 5.75 Å². The Labute approximate surface area is 167 Å². The lowest BCUT2D eigenvalue weighted by molar-refractivity contribution is 0.102. The Morgan fingerprint density at radius 2 is 1.82 bits per heavy atom. The predicted molar refractivity (Wildman–Crippen MR) is 110 cm³/mol. The molecule has 0 aliphatic rings. The molecule has 9 heteroatoms. The largest absolute Gasteiger partial charge is 0.497 e. The summed E-state index contributed by atoms with van der Waals surface area (Å²) in [5.74, 6) is 0.211. The van der Waals surface area contributed by atoms with Crippen molar-refractivity contribution in [3.05, 3.63) is 64.7 Å². The molecule has 1 heterocycles. The topological polar surface area (TPSA) is 97.4 Å². The van der Waals surface area contributed by atoms with E-state index in [0.717, 1.165) is 4.88 Å². The van der Waals surface area contributed by atoms with Gasteiger partial charge >= 0.3 is 0 Å². The molecule has 0 bridgehead atoms. The summed E-state index contributed by atoms with van der Waals surface area (Å²) in [6.07, 6.45) is 1.66. The summed E-state index contributed by atoms with van der Waals surface area (Å²) in [6, 6.07) is 10.9. The van der Waals surface area contributed by atoms with Crippen molar-refractivity contribution in [1.82, 2.24) is 4.98 Å². The maximum absolute atomic E-state index is 12.7. The van der Waals surface area contributed by atoms with E-state index in [9.17, 15) is 13.2 Å². The van der Waals surface area contributed by atoms with Crippen LogP contribution in [0.3, 0.4) is 0 Å². The molecule has 0 radical (unpaired) electrons. The second-order valence-corrected chi connectivity index (χ2v) is 8.96. The van der Waals surface area contributed by atoms with Crippen molar-refractivity contribution in [2.24, 2.45) is 0 Å². The van der Waals surface area contributed by atoms with Crippen LogP contribution < -0.4 is 14.8 Å². The molecule has 3 aromatic rings. The van der Waals surface area contributed by atoms with E-state index in [1.54, 1.807) is 43.5 Å². The zero-order valence-electron chi connectivity index (χ0n) is 15.5. The summed E-state index contributed by atoms with van der Waals surface area (Å²) in [4.78, 5) is 17.6. The average molecular weight is 418 g/mol. The Balaban J connectivity index is 1.85. The minimum Gasteiger partial charge on any atom is -0.497 e. The zero-order valence-corrected chi connectivity index (χ0v) is 17.1. The van der Waals surface area contributed by atoms with E-state index in [1.807, 2.05) is 6.92 Å². The quantitative estimate of drug-likeness (QED) is 0.635.